The molecule has 1 aliphatic heterocycles. The van der Waals surface area contributed by atoms with Crippen molar-refractivity contribution in [1.29, 1.82) is 0 Å². The lowest BCUT2D eigenvalue weighted by Gasteiger charge is -2.36. The van der Waals surface area contributed by atoms with Crippen LogP contribution < -0.4 is 5.32 Å². The number of nitrogens with zero attached hydrogens (tertiary/aromatic N) is 1. The van der Waals surface area contributed by atoms with Crippen LogP contribution in [0.4, 0.5) is 0 Å². The Hall–Kier alpha value is -2.37. The maximum absolute atomic E-state index is 13.0. The summed E-state index contributed by atoms with van der Waals surface area (Å²) >= 11 is 6.15. The number of aliphatic hydroxyl groups excluding tert-OH is 1. The molecule has 5 nitrogen and oxygen atoms in total. The minimum Gasteiger partial charge on any atom is -0.393 e. The summed E-state index contributed by atoms with van der Waals surface area (Å²) in [6.07, 6.45) is 0.954. The van der Waals surface area contributed by atoms with Crippen LogP contribution in [0.25, 0.3) is 0 Å². The summed E-state index contributed by atoms with van der Waals surface area (Å²) in [5.74, 6) is -0.345. The number of rotatable bonds is 5. The molecule has 2 aromatic carbocycles. The number of halogens is 1. The van der Waals surface area contributed by atoms with Crippen molar-refractivity contribution in [3.63, 3.8) is 0 Å². The number of carbonyl (C=O) groups is 2. The van der Waals surface area contributed by atoms with Crippen molar-refractivity contribution < 1.29 is 14.7 Å². The monoisotopic (exact) mass is 400 g/mol. The molecule has 3 rings (SSSR count). The van der Waals surface area contributed by atoms with Crippen molar-refractivity contribution in [2.45, 2.75) is 44.4 Å². The van der Waals surface area contributed by atoms with Gasteiger partial charge in [0.1, 0.15) is 0 Å². The van der Waals surface area contributed by atoms with Crippen molar-refractivity contribution in [1.82, 2.24) is 10.2 Å². The fourth-order valence-corrected chi connectivity index (χ4v) is 3.85. The van der Waals surface area contributed by atoms with Crippen molar-refractivity contribution in [3.8, 4) is 0 Å². The normalized spacial score (nSPS) is 20.5. The largest absolute Gasteiger partial charge is 0.393 e. The van der Waals surface area contributed by atoms with Gasteiger partial charge in [-0.25, -0.2) is 0 Å². The zero-order valence-corrected chi connectivity index (χ0v) is 16.6. The number of carbonyl (C=O) groups excluding carboxylic acids is 2. The Balaban J connectivity index is 1.77. The second-order valence-electron chi connectivity index (χ2n) is 7.24. The Kier molecular flexibility index (Phi) is 6.70. The van der Waals surface area contributed by atoms with Crippen LogP contribution >= 0.6 is 11.6 Å². The van der Waals surface area contributed by atoms with Gasteiger partial charge in [0.25, 0.3) is 5.91 Å². The van der Waals surface area contributed by atoms with E-state index in [4.69, 9.17) is 11.6 Å². The molecule has 1 heterocycles. The van der Waals surface area contributed by atoms with Gasteiger partial charge in [-0.1, -0.05) is 54.1 Å². The molecule has 6 heteroatoms. The number of piperidine rings is 1. The molecule has 148 valence electrons. The smallest absolute Gasteiger partial charge is 0.253 e. The summed E-state index contributed by atoms with van der Waals surface area (Å²) < 4.78 is 0. The lowest BCUT2D eigenvalue weighted by atomic mass is 9.98. The Morgan fingerprint density at radius 3 is 2.54 bits per heavy atom. The summed E-state index contributed by atoms with van der Waals surface area (Å²) in [5, 5.41) is 13.1. The summed E-state index contributed by atoms with van der Waals surface area (Å²) in [6, 6.07) is 15.8. The van der Waals surface area contributed by atoms with E-state index in [1.54, 1.807) is 29.2 Å². The van der Waals surface area contributed by atoms with Crippen LogP contribution in [0.2, 0.25) is 5.02 Å². The zero-order chi connectivity index (χ0) is 20.1. The average molecular weight is 401 g/mol. The first kappa shape index (κ1) is 20.4. The Morgan fingerprint density at radius 2 is 1.86 bits per heavy atom. The Labute approximate surface area is 170 Å². The molecule has 0 radical (unpaired) electrons. The van der Waals surface area contributed by atoms with E-state index in [1.165, 1.54) is 0 Å². The molecule has 0 spiro atoms. The molecule has 2 amide bonds. The van der Waals surface area contributed by atoms with Gasteiger partial charge < -0.3 is 15.3 Å². The molecule has 1 aliphatic rings. The molecule has 3 unspecified atom stereocenters. The third-order valence-corrected chi connectivity index (χ3v) is 5.50. The third kappa shape index (κ3) is 4.91. The number of hydrogen-bond acceptors (Lipinski definition) is 3. The van der Waals surface area contributed by atoms with Crippen LogP contribution in [0.1, 0.15) is 48.1 Å². The first-order chi connectivity index (χ1) is 13.5. The van der Waals surface area contributed by atoms with Crippen LogP contribution in [-0.2, 0) is 4.79 Å². The van der Waals surface area contributed by atoms with Gasteiger partial charge in [0.2, 0.25) is 5.91 Å². The fourth-order valence-electron chi connectivity index (χ4n) is 3.63. The van der Waals surface area contributed by atoms with Gasteiger partial charge in [0.05, 0.1) is 29.2 Å². The van der Waals surface area contributed by atoms with E-state index >= 15 is 0 Å². The van der Waals surface area contributed by atoms with Crippen molar-refractivity contribution in [3.05, 3.63) is 70.7 Å². The minimum absolute atomic E-state index is 0.0213. The lowest BCUT2D eigenvalue weighted by molar-refractivity contribution is -0.136. The van der Waals surface area contributed by atoms with E-state index in [0.29, 0.717) is 30.0 Å². The molecular weight excluding hydrogens is 376 g/mol. The van der Waals surface area contributed by atoms with Crippen LogP contribution in [0.15, 0.2) is 54.6 Å². The first-order valence-electron chi connectivity index (χ1n) is 9.53. The van der Waals surface area contributed by atoms with Crippen LogP contribution in [0.5, 0.6) is 0 Å². The average Bonchev–Trinajstić information content (AvgIpc) is 2.68. The molecule has 28 heavy (non-hydrogen) atoms. The number of likely N-dealkylation sites (tertiary alicyclic amines) is 1. The molecule has 2 N–H and O–H groups in total. The van der Waals surface area contributed by atoms with E-state index in [1.807, 2.05) is 37.3 Å². The highest BCUT2D eigenvalue weighted by atomic mass is 35.5. The van der Waals surface area contributed by atoms with Crippen molar-refractivity contribution in [2.75, 3.05) is 6.54 Å². The fraction of sp³-hybridized carbons (Fsp3) is 0.364. The lowest BCUT2D eigenvalue weighted by Crippen LogP contribution is -2.47. The molecule has 0 saturated carbocycles. The number of benzene rings is 2. The molecule has 2 aromatic rings. The zero-order valence-electron chi connectivity index (χ0n) is 15.8. The molecular formula is C22H25ClN2O3. The summed E-state index contributed by atoms with van der Waals surface area (Å²) in [6.45, 7) is 2.47. The second kappa shape index (κ2) is 9.22. The van der Waals surface area contributed by atoms with Crippen LogP contribution in [0.3, 0.4) is 0 Å². The molecule has 0 aromatic heterocycles. The first-order valence-corrected chi connectivity index (χ1v) is 9.91. The number of nitrogens with one attached hydrogen (secondary N) is 1. The van der Waals surface area contributed by atoms with Crippen LogP contribution in [0, 0.1) is 0 Å². The molecule has 0 bridgehead atoms. The second-order valence-corrected chi connectivity index (χ2v) is 7.64. The highest BCUT2D eigenvalue weighted by molar-refractivity contribution is 6.33. The SMILES string of the molecule is CC1CC(O)CCN1C(=O)CC(NC(=O)c1ccccc1Cl)c1ccccc1. The van der Waals surface area contributed by atoms with E-state index < -0.39 is 6.04 Å². The Bertz CT molecular complexity index is 828. The third-order valence-electron chi connectivity index (χ3n) is 5.17. The predicted molar refractivity (Wildman–Crippen MR) is 109 cm³/mol. The van der Waals surface area contributed by atoms with Gasteiger partial charge in [-0.15, -0.1) is 0 Å². The number of amides is 2. The van der Waals surface area contributed by atoms with Gasteiger partial charge in [-0.05, 0) is 37.5 Å². The molecule has 0 aliphatic carbocycles. The quantitative estimate of drug-likeness (QED) is 0.806. The maximum Gasteiger partial charge on any atom is 0.253 e. The van der Waals surface area contributed by atoms with Gasteiger partial charge in [-0.3, -0.25) is 9.59 Å². The highest BCUT2D eigenvalue weighted by Crippen LogP contribution is 2.24. The molecule has 1 fully saturated rings. The summed E-state index contributed by atoms with van der Waals surface area (Å²) in [4.78, 5) is 27.5. The van der Waals surface area contributed by atoms with E-state index in [0.717, 1.165) is 5.56 Å². The highest BCUT2D eigenvalue weighted by Gasteiger charge is 2.30. The maximum atomic E-state index is 13.0. The van der Waals surface area contributed by atoms with Gasteiger partial charge in [0, 0.05) is 12.6 Å². The number of hydrogen-bond donors (Lipinski definition) is 2. The molecule has 1 saturated heterocycles. The van der Waals surface area contributed by atoms with Gasteiger partial charge >= 0.3 is 0 Å². The minimum atomic E-state index is -0.462. The topological polar surface area (TPSA) is 69.6 Å². The molecule has 3 atom stereocenters. The predicted octanol–water partition coefficient (Wildman–Crippen LogP) is 3.57. The van der Waals surface area contributed by atoms with Crippen molar-refractivity contribution in [2.24, 2.45) is 0 Å². The van der Waals surface area contributed by atoms with E-state index in [2.05, 4.69) is 5.32 Å². The summed E-state index contributed by atoms with van der Waals surface area (Å²) in [7, 11) is 0. The van der Waals surface area contributed by atoms with E-state index in [-0.39, 0.29) is 30.4 Å². The van der Waals surface area contributed by atoms with Crippen molar-refractivity contribution >= 4 is 23.4 Å². The summed E-state index contributed by atoms with van der Waals surface area (Å²) in [5.41, 5.74) is 1.24. The van der Waals surface area contributed by atoms with Crippen LogP contribution in [-0.4, -0.2) is 40.5 Å². The van der Waals surface area contributed by atoms with E-state index in [9.17, 15) is 14.7 Å². The van der Waals surface area contributed by atoms with Gasteiger partial charge in [0.15, 0.2) is 0 Å². The standard InChI is InChI=1S/C22H25ClN2O3/c1-15-13-17(26)11-12-25(15)21(27)14-20(16-7-3-2-4-8-16)24-22(28)18-9-5-6-10-19(18)23/h2-10,15,17,20,26H,11-14H2,1H3,(H,24,28). The number of aliphatic hydroxyl groups is 1. The Morgan fingerprint density at radius 1 is 1.18 bits per heavy atom. The van der Waals surface area contributed by atoms with Gasteiger partial charge in [-0.2, -0.15) is 0 Å².